The van der Waals surface area contributed by atoms with Crippen molar-refractivity contribution in [3.8, 4) is 0 Å². The number of hydrogen-bond donors (Lipinski definition) is 1. The summed E-state index contributed by atoms with van der Waals surface area (Å²) in [6.07, 6.45) is 1.44. The van der Waals surface area contributed by atoms with Gasteiger partial charge in [-0.15, -0.1) is 0 Å². The van der Waals surface area contributed by atoms with Crippen molar-refractivity contribution in [2.75, 3.05) is 20.6 Å². The van der Waals surface area contributed by atoms with Gasteiger partial charge < -0.3 is 14.6 Å². The highest BCUT2D eigenvalue weighted by Gasteiger charge is 2.19. The number of carbonyl (C=O) groups excluding carboxylic acids is 1. The smallest absolute Gasteiger partial charge is 0.355 e. The molecule has 2 rings (SSSR count). The first-order chi connectivity index (χ1) is 9.16. The van der Waals surface area contributed by atoms with Gasteiger partial charge in [-0.25, -0.2) is 4.79 Å². The van der Waals surface area contributed by atoms with Crippen LogP contribution in [-0.4, -0.2) is 36.5 Å². The van der Waals surface area contributed by atoms with Crippen molar-refractivity contribution >= 4 is 5.97 Å². The molecule has 0 spiro atoms. The summed E-state index contributed by atoms with van der Waals surface area (Å²) in [5, 5.41) is 0. The van der Waals surface area contributed by atoms with Crippen LogP contribution >= 0.6 is 0 Å². The summed E-state index contributed by atoms with van der Waals surface area (Å²) in [4.78, 5) is 16.9. The second-order valence-electron chi connectivity index (χ2n) is 4.65. The minimum absolute atomic E-state index is 0.271. The molecule has 0 unspecified atom stereocenters. The van der Waals surface area contributed by atoms with Crippen molar-refractivity contribution in [2.24, 2.45) is 0 Å². The lowest BCUT2D eigenvalue weighted by molar-refractivity contribution is 0.0230. The topological polar surface area (TPSA) is 45.3 Å². The third-order valence-electron chi connectivity index (χ3n) is 2.77. The zero-order valence-electron chi connectivity index (χ0n) is 11.2. The van der Waals surface area contributed by atoms with Crippen molar-refractivity contribution in [3.05, 3.63) is 59.9 Å². The summed E-state index contributed by atoms with van der Waals surface area (Å²) in [7, 11) is 3.91. The molecule has 0 saturated heterocycles. The molecule has 1 atom stereocenters. The Morgan fingerprint density at radius 2 is 1.95 bits per heavy atom. The highest BCUT2D eigenvalue weighted by Crippen LogP contribution is 2.19. The second-order valence-corrected chi connectivity index (χ2v) is 4.65. The number of aromatic amines is 1. The molecule has 1 heterocycles. The number of ether oxygens (including phenoxy) is 1. The largest absolute Gasteiger partial charge is 0.451 e. The van der Waals surface area contributed by atoms with Crippen molar-refractivity contribution < 1.29 is 9.53 Å². The van der Waals surface area contributed by atoms with E-state index in [0.29, 0.717) is 12.2 Å². The quantitative estimate of drug-likeness (QED) is 0.838. The molecule has 1 aromatic heterocycles. The highest BCUT2D eigenvalue weighted by molar-refractivity contribution is 5.87. The van der Waals surface area contributed by atoms with Gasteiger partial charge >= 0.3 is 5.97 Å². The number of carbonyl (C=O) groups is 1. The molecule has 4 heteroatoms. The van der Waals surface area contributed by atoms with E-state index in [4.69, 9.17) is 4.74 Å². The molecule has 0 radical (unpaired) electrons. The first-order valence-corrected chi connectivity index (χ1v) is 6.21. The Morgan fingerprint density at radius 1 is 1.21 bits per heavy atom. The fraction of sp³-hybridized carbons (Fsp3) is 0.267. The molecule has 19 heavy (non-hydrogen) atoms. The number of rotatable bonds is 5. The first-order valence-electron chi connectivity index (χ1n) is 6.21. The molecule has 1 N–H and O–H groups in total. The van der Waals surface area contributed by atoms with Crippen LogP contribution in [0.3, 0.4) is 0 Å². The molecule has 2 aromatic rings. The number of nitrogens with zero attached hydrogens (tertiary/aromatic N) is 1. The maximum Gasteiger partial charge on any atom is 0.355 e. The van der Waals surface area contributed by atoms with Gasteiger partial charge in [-0.1, -0.05) is 30.3 Å². The maximum atomic E-state index is 12.0. The summed E-state index contributed by atoms with van der Waals surface area (Å²) in [6.45, 7) is 0.649. The van der Waals surface area contributed by atoms with Crippen LogP contribution in [0.5, 0.6) is 0 Å². The molecule has 0 saturated carbocycles. The molecule has 100 valence electrons. The minimum atomic E-state index is -0.333. The molecule has 1 aromatic carbocycles. The fourth-order valence-corrected chi connectivity index (χ4v) is 1.86. The Morgan fingerprint density at radius 3 is 2.53 bits per heavy atom. The van der Waals surface area contributed by atoms with E-state index in [1.54, 1.807) is 18.3 Å². The molecule has 0 amide bonds. The SMILES string of the molecule is CN(C)C[C@@H](OC(=O)c1ccc[nH]1)c1ccccc1. The van der Waals surface area contributed by atoms with Gasteiger partial charge in [0.15, 0.2) is 0 Å². The van der Waals surface area contributed by atoms with Gasteiger partial charge in [-0.2, -0.15) is 0 Å². The normalized spacial score (nSPS) is 12.4. The number of aromatic nitrogens is 1. The monoisotopic (exact) mass is 258 g/mol. The zero-order valence-corrected chi connectivity index (χ0v) is 11.2. The molecule has 0 aliphatic rings. The molecular formula is C15H18N2O2. The minimum Gasteiger partial charge on any atom is -0.451 e. The van der Waals surface area contributed by atoms with Gasteiger partial charge in [-0.05, 0) is 31.8 Å². The number of hydrogen-bond acceptors (Lipinski definition) is 3. The number of benzene rings is 1. The van der Waals surface area contributed by atoms with Crippen LogP contribution in [0.1, 0.15) is 22.2 Å². The fourth-order valence-electron chi connectivity index (χ4n) is 1.86. The summed E-state index contributed by atoms with van der Waals surface area (Å²) in [5.74, 6) is -0.333. The van der Waals surface area contributed by atoms with Crippen LogP contribution in [0.15, 0.2) is 48.7 Å². The number of H-pyrrole nitrogens is 1. The molecule has 0 aliphatic carbocycles. The Kier molecular flexibility index (Phi) is 4.36. The molecular weight excluding hydrogens is 240 g/mol. The van der Waals surface area contributed by atoms with Crippen molar-refractivity contribution in [1.29, 1.82) is 0 Å². The van der Waals surface area contributed by atoms with Crippen LogP contribution < -0.4 is 0 Å². The predicted molar refractivity (Wildman–Crippen MR) is 73.9 cm³/mol. The molecule has 0 bridgehead atoms. The summed E-state index contributed by atoms with van der Waals surface area (Å²) in [5.41, 5.74) is 1.47. The number of likely N-dealkylation sites (N-methyl/N-ethyl adjacent to an activating group) is 1. The van der Waals surface area contributed by atoms with Crippen molar-refractivity contribution in [3.63, 3.8) is 0 Å². The van der Waals surface area contributed by atoms with E-state index in [2.05, 4.69) is 4.98 Å². The second kappa shape index (κ2) is 6.20. The van der Waals surface area contributed by atoms with Gasteiger partial charge in [0.25, 0.3) is 0 Å². The van der Waals surface area contributed by atoms with Crippen LogP contribution in [0.25, 0.3) is 0 Å². The van der Waals surface area contributed by atoms with Crippen molar-refractivity contribution in [2.45, 2.75) is 6.10 Å². The van der Waals surface area contributed by atoms with Crippen LogP contribution in [-0.2, 0) is 4.74 Å². The van der Waals surface area contributed by atoms with Crippen LogP contribution in [0.2, 0.25) is 0 Å². The Labute approximate surface area is 113 Å². The van der Waals surface area contributed by atoms with Gasteiger partial charge in [0.2, 0.25) is 0 Å². The summed E-state index contributed by atoms with van der Waals surface area (Å²) in [6, 6.07) is 13.3. The first kappa shape index (κ1) is 13.4. The van der Waals surface area contributed by atoms with Gasteiger partial charge in [0.1, 0.15) is 11.8 Å². The lowest BCUT2D eigenvalue weighted by Crippen LogP contribution is -2.24. The molecule has 0 fully saturated rings. The maximum absolute atomic E-state index is 12.0. The number of esters is 1. The zero-order chi connectivity index (χ0) is 13.7. The van der Waals surface area contributed by atoms with E-state index in [0.717, 1.165) is 5.56 Å². The standard InChI is InChI=1S/C15H18N2O2/c1-17(2)11-14(12-7-4-3-5-8-12)19-15(18)13-9-6-10-16-13/h3-10,14,16H,11H2,1-2H3/t14-/m1/s1. The summed E-state index contributed by atoms with van der Waals surface area (Å²) < 4.78 is 5.58. The van der Waals surface area contributed by atoms with Crippen LogP contribution in [0, 0.1) is 0 Å². The van der Waals surface area contributed by atoms with E-state index in [1.807, 2.05) is 49.3 Å². The average molecular weight is 258 g/mol. The van der Waals surface area contributed by atoms with E-state index < -0.39 is 0 Å². The van der Waals surface area contributed by atoms with E-state index in [1.165, 1.54) is 0 Å². The van der Waals surface area contributed by atoms with E-state index in [-0.39, 0.29) is 12.1 Å². The Bertz CT molecular complexity index is 506. The molecule has 4 nitrogen and oxygen atoms in total. The van der Waals surface area contributed by atoms with Crippen LogP contribution in [0.4, 0.5) is 0 Å². The number of nitrogens with one attached hydrogen (secondary N) is 1. The van der Waals surface area contributed by atoms with Gasteiger partial charge in [0, 0.05) is 12.7 Å². The van der Waals surface area contributed by atoms with Crippen molar-refractivity contribution in [1.82, 2.24) is 9.88 Å². The lowest BCUT2D eigenvalue weighted by atomic mass is 10.1. The Hall–Kier alpha value is -2.07. The van der Waals surface area contributed by atoms with E-state index >= 15 is 0 Å². The predicted octanol–water partition coefficient (Wildman–Crippen LogP) is 2.47. The van der Waals surface area contributed by atoms with Gasteiger partial charge in [0.05, 0.1) is 0 Å². The van der Waals surface area contributed by atoms with E-state index in [9.17, 15) is 4.79 Å². The third kappa shape index (κ3) is 3.69. The third-order valence-corrected chi connectivity index (χ3v) is 2.77. The molecule has 0 aliphatic heterocycles. The Balaban J connectivity index is 2.13. The highest BCUT2D eigenvalue weighted by atomic mass is 16.5. The average Bonchev–Trinajstić information content (AvgIpc) is 2.92. The lowest BCUT2D eigenvalue weighted by Gasteiger charge is -2.21. The van der Waals surface area contributed by atoms with Gasteiger partial charge in [-0.3, -0.25) is 0 Å². The summed E-state index contributed by atoms with van der Waals surface area (Å²) >= 11 is 0.